The summed E-state index contributed by atoms with van der Waals surface area (Å²) in [5, 5.41) is 10.6. The predicted octanol–water partition coefficient (Wildman–Crippen LogP) is 3.38. The molecule has 0 radical (unpaired) electrons. The lowest BCUT2D eigenvalue weighted by Crippen LogP contribution is -1.95. The smallest absolute Gasteiger partial charge is 0.433 e. The number of nitro groups is 1. The molecule has 0 aliphatic heterocycles. The molecule has 2 aromatic rings. The SMILES string of the molecule is COc1cc(C=Cc2ccc([N+](=O)[O-])o2)cc(OC)c1OC. The summed E-state index contributed by atoms with van der Waals surface area (Å²) in [7, 11) is 4.58. The van der Waals surface area contributed by atoms with E-state index in [4.69, 9.17) is 18.6 Å². The molecule has 0 bridgehead atoms. The van der Waals surface area contributed by atoms with Crippen molar-refractivity contribution in [2.24, 2.45) is 0 Å². The monoisotopic (exact) mass is 305 g/mol. The highest BCUT2D eigenvalue weighted by Gasteiger charge is 2.13. The Balaban J connectivity index is 2.31. The van der Waals surface area contributed by atoms with Gasteiger partial charge >= 0.3 is 5.88 Å². The Kier molecular flexibility index (Phi) is 4.67. The number of hydrogen-bond acceptors (Lipinski definition) is 6. The van der Waals surface area contributed by atoms with Crippen LogP contribution in [-0.2, 0) is 0 Å². The summed E-state index contributed by atoms with van der Waals surface area (Å²) in [4.78, 5) is 9.98. The quantitative estimate of drug-likeness (QED) is 0.601. The molecule has 7 nitrogen and oxygen atoms in total. The number of furan rings is 1. The molecule has 0 fully saturated rings. The van der Waals surface area contributed by atoms with E-state index in [2.05, 4.69) is 0 Å². The summed E-state index contributed by atoms with van der Waals surface area (Å²) in [6, 6.07) is 6.34. The minimum absolute atomic E-state index is 0.301. The maximum atomic E-state index is 10.6. The lowest BCUT2D eigenvalue weighted by molar-refractivity contribution is -0.402. The van der Waals surface area contributed by atoms with Gasteiger partial charge in [0.1, 0.15) is 10.7 Å². The van der Waals surface area contributed by atoms with E-state index in [1.54, 1.807) is 24.3 Å². The van der Waals surface area contributed by atoms with E-state index < -0.39 is 4.92 Å². The zero-order valence-corrected chi connectivity index (χ0v) is 12.4. The summed E-state index contributed by atoms with van der Waals surface area (Å²) >= 11 is 0. The van der Waals surface area contributed by atoms with Crippen LogP contribution in [0, 0.1) is 10.1 Å². The number of methoxy groups -OCH3 is 3. The van der Waals surface area contributed by atoms with Gasteiger partial charge in [-0.1, -0.05) is 6.08 Å². The Labute approximate surface area is 126 Å². The molecule has 2 rings (SSSR count). The highest BCUT2D eigenvalue weighted by atomic mass is 16.6. The first-order chi connectivity index (χ1) is 10.6. The van der Waals surface area contributed by atoms with E-state index in [1.165, 1.54) is 33.5 Å². The molecule has 1 heterocycles. The van der Waals surface area contributed by atoms with E-state index in [-0.39, 0.29) is 5.88 Å². The van der Waals surface area contributed by atoms with Crippen molar-refractivity contribution in [3.8, 4) is 17.2 Å². The fraction of sp³-hybridized carbons (Fsp3) is 0.200. The van der Waals surface area contributed by atoms with Gasteiger partial charge in [0.05, 0.1) is 27.4 Å². The van der Waals surface area contributed by atoms with Crippen molar-refractivity contribution >= 4 is 18.0 Å². The lowest BCUT2D eigenvalue weighted by Gasteiger charge is -2.12. The van der Waals surface area contributed by atoms with Crippen LogP contribution in [0.3, 0.4) is 0 Å². The van der Waals surface area contributed by atoms with Crippen LogP contribution < -0.4 is 14.2 Å². The number of hydrogen-bond donors (Lipinski definition) is 0. The predicted molar refractivity (Wildman–Crippen MR) is 80.4 cm³/mol. The van der Waals surface area contributed by atoms with Crippen LogP contribution >= 0.6 is 0 Å². The average molecular weight is 305 g/mol. The van der Waals surface area contributed by atoms with Crippen LogP contribution in [0.1, 0.15) is 11.3 Å². The third-order valence-corrected chi connectivity index (χ3v) is 2.92. The Bertz CT molecular complexity index is 679. The van der Waals surface area contributed by atoms with E-state index >= 15 is 0 Å². The largest absolute Gasteiger partial charge is 0.493 e. The highest BCUT2D eigenvalue weighted by molar-refractivity contribution is 5.71. The summed E-state index contributed by atoms with van der Waals surface area (Å²) in [5.41, 5.74) is 0.772. The van der Waals surface area contributed by atoms with Gasteiger partial charge in [-0.15, -0.1) is 0 Å². The average Bonchev–Trinajstić information content (AvgIpc) is 3.00. The van der Waals surface area contributed by atoms with Crippen LogP contribution in [0.15, 0.2) is 28.7 Å². The minimum atomic E-state index is -0.587. The van der Waals surface area contributed by atoms with Crippen LogP contribution in [0.2, 0.25) is 0 Å². The molecule has 0 saturated carbocycles. The van der Waals surface area contributed by atoms with Crippen LogP contribution in [-0.4, -0.2) is 26.3 Å². The molecule has 22 heavy (non-hydrogen) atoms. The molecular formula is C15H15NO6. The molecule has 1 aromatic carbocycles. The number of rotatable bonds is 6. The van der Waals surface area contributed by atoms with Crippen molar-refractivity contribution in [2.45, 2.75) is 0 Å². The summed E-state index contributed by atoms with van der Waals surface area (Å²) in [6.07, 6.45) is 3.35. The highest BCUT2D eigenvalue weighted by Crippen LogP contribution is 2.38. The van der Waals surface area contributed by atoms with E-state index in [9.17, 15) is 10.1 Å². The van der Waals surface area contributed by atoms with E-state index in [1.807, 2.05) is 0 Å². The standard InChI is InChI=1S/C15H15NO6/c1-19-12-8-10(9-13(20-2)15(12)21-3)4-5-11-6-7-14(22-11)16(17)18/h4-9H,1-3H3. The van der Waals surface area contributed by atoms with Crippen molar-refractivity contribution in [1.82, 2.24) is 0 Å². The van der Waals surface area contributed by atoms with Crippen molar-refractivity contribution in [3.05, 3.63) is 45.7 Å². The second-order valence-electron chi connectivity index (χ2n) is 4.23. The Morgan fingerprint density at radius 2 is 1.68 bits per heavy atom. The topological polar surface area (TPSA) is 84.0 Å². The summed E-state index contributed by atoms with van der Waals surface area (Å²) in [5.74, 6) is 1.61. The van der Waals surface area contributed by atoms with Gasteiger partial charge in [-0.2, -0.15) is 0 Å². The number of nitrogens with zero attached hydrogens (tertiary/aromatic N) is 1. The first-order valence-corrected chi connectivity index (χ1v) is 6.31. The number of benzene rings is 1. The van der Waals surface area contributed by atoms with Gasteiger partial charge in [-0.25, -0.2) is 0 Å². The van der Waals surface area contributed by atoms with Crippen molar-refractivity contribution in [2.75, 3.05) is 21.3 Å². The molecule has 7 heteroatoms. The molecule has 0 amide bonds. The lowest BCUT2D eigenvalue weighted by atomic mass is 10.1. The molecule has 0 saturated heterocycles. The molecule has 0 atom stereocenters. The molecule has 0 unspecified atom stereocenters. The molecular weight excluding hydrogens is 290 g/mol. The molecule has 0 N–H and O–H groups in total. The molecule has 0 spiro atoms. The third kappa shape index (κ3) is 3.20. The summed E-state index contributed by atoms with van der Waals surface area (Å²) < 4.78 is 20.8. The fourth-order valence-corrected chi connectivity index (χ4v) is 1.91. The normalized spacial score (nSPS) is 10.7. The second-order valence-corrected chi connectivity index (χ2v) is 4.23. The van der Waals surface area contributed by atoms with Crippen LogP contribution in [0.4, 0.5) is 5.88 Å². The second kappa shape index (κ2) is 6.66. The first-order valence-electron chi connectivity index (χ1n) is 6.31. The fourth-order valence-electron chi connectivity index (χ4n) is 1.91. The van der Waals surface area contributed by atoms with E-state index in [0.29, 0.717) is 23.0 Å². The van der Waals surface area contributed by atoms with Gasteiger partial charge in [0.25, 0.3) is 0 Å². The van der Waals surface area contributed by atoms with E-state index in [0.717, 1.165) is 5.56 Å². The van der Waals surface area contributed by atoms with Gasteiger partial charge < -0.3 is 18.6 Å². The van der Waals surface area contributed by atoms with Crippen molar-refractivity contribution in [3.63, 3.8) is 0 Å². The Morgan fingerprint density at radius 3 is 2.14 bits per heavy atom. The zero-order chi connectivity index (χ0) is 16.1. The number of ether oxygens (including phenoxy) is 3. The zero-order valence-electron chi connectivity index (χ0n) is 12.4. The van der Waals surface area contributed by atoms with Gasteiger partial charge in [-0.05, 0) is 29.8 Å². The molecule has 1 aromatic heterocycles. The van der Waals surface area contributed by atoms with Crippen LogP contribution in [0.5, 0.6) is 17.2 Å². The van der Waals surface area contributed by atoms with Gasteiger partial charge in [0.15, 0.2) is 11.5 Å². The molecule has 0 aliphatic rings. The summed E-state index contributed by atoms with van der Waals surface area (Å²) in [6.45, 7) is 0. The van der Waals surface area contributed by atoms with Gasteiger partial charge in [-0.3, -0.25) is 10.1 Å². The Morgan fingerprint density at radius 1 is 1.05 bits per heavy atom. The minimum Gasteiger partial charge on any atom is -0.493 e. The van der Waals surface area contributed by atoms with Gasteiger partial charge in [0.2, 0.25) is 5.75 Å². The van der Waals surface area contributed by atoms with Crippen molar-refractivity contribution in [1.29, 1.82) is 0 Å². The molecule has 0 aliphatic carbocycles. The maximum Gasteiger partial charge on any atom is 0.433 e. The first kappa shape index (κ1) is 15.4. The van der Waals surface area contributed by atoms with Crippen LogP contribution in [0.25, 0.3) is 12.2 Å². The molecule has 116 valence electrons. The van der Waals surface area contributed by atoms with Crippen molar-refractivity contribution < 1.29 is 23.6 Å². The Hall–Kier alpha value is -2.96. The van der Waals surface area contributed by atoms with Gasteiger partial charge in [0, 0.05) is 0 Å². The maximum absolute atomic E-state index is 10.6. The third-order valence-electron chi connectivity index (χ3n) is 2.92.